The van der Waals surface area contributed by atoms with E-state index in [1.165, 1.54) is 0 Å². The Hall–Kier alpha value is -1.63. The number of nitrogens with zero attached hydrogens (tertiary/aromatic N) is 2. The lowest BCUT2D eigenvalue weighted by Gasteiger charge is -2.20. The van der Waals surface area contributed by atoms with Gasteiger partial charge in [-0.2, -0.15) is 0 Å². The van der Waals surface area contributed by atoms with Gasteiger partial charge in [-0.1, -0.05) is 30.3 Å². The van der Waals surface area contributed by atoms with Crippen LogP contribution in [0, 0.1) is 18.8 Å². The first kappa shape index (κ1) is 16.8. The average molecular weight is 360 g/mol. The summed E-state index contributed by atoms with van der Waals surface area (Å²) in [6, 6.07) is 13.5. The normalized spacial score (nSPS) is 24.7. The molecule has 2 aromatic rings. The molecule has 3 heterocycles. The molecule has 2 aliphatic rings. The number of rotatable bonds is 5. The second-order valence-corrected chi connectivity index (χ2v) is 9.25. The molecular formula is C19H24N2O3S. The van der Waals surface area contributed by atoms with Gasteiger partial charge in [0.2, 0.25) is 10.0 Å². The maximum Gasteiger partial charge on any atom is 0.218 e. The quantitative estimate of drug-likeness (QED) is 0.822. The standard InChI is InChI=1S/C19H24N2O3S/c1-15-7-8-19(24-15)13-20-9-17-11-21(12-18(17)10-20)25(22,23)14-16-5-3-2-4-6-16/h2-8,17-18H,9-14H2,1H3. The summed E-state index contributed by atoms with van der Waals surface area (Å²) in [7, 11) is -3.23. The van der Waals surface area contributed by atoms with Gasteiger partial charge in [-0.3, -0.25) is 4.90 Å². The molecule has 0 bridgehead atoms. The minimum absolute atomic E-state index is 0.0999. The zero-order chi connectivity index (χ0) is 17.4. The highest BCUT2D eigenvalue weighted by Gasteiger charge is 2.43. The number of aryl methyl sites for hydroxylation is 1. The average Bonchev–Trinajstić information content (AvgIpc) is 3.23. The van der Waals surface area contributed by atoms with Crippen molar-refractivity contribution in [1.29, 1.82) is 0 Å². The summed E-state index contributed by atoms with van der Waals surface area (Å²) in [6.07, 6.45) is 0. The number of furan rings is 1. The SMILES string of the molecule is Cc1ccc(CN2CC3CN(S(=O)(=O)Cc4ccccc4)CC3C2)o1. The Morgan fingerprint density at radius 2 is 1.68 bits per heavy atom. The molecule has 0 spiro atoms. The number of fused-ring (bicyclic) bond motifs is 1. The van der Waals surface area contributed by atoms with E-state index in [-0.39, 0.29) is 5.75 Å². The highest BCUT2D eigenvalue weighted by atomic mass is 32.2. The van der Waals surface area contributed by atoms with Crippen LogP contribution >= 0.6 is 0 Å². The molecule has 1 aromatic carbocycles. The fraction of sp³-hybridized carbons (Fsp3) is 0.474. The van der Waals surface area contributed by atoms with Gasteiger partial charge in [0.05, 0.1) is 12.3 Å². The minimum Gasteiger partial charge on any atom is -0.465 e. The van der Waals surface area contributed by atoms with Gasteiger partial charge in [-0.05, 0) is 36.5 Å². The van der Waals surface area contributed by atoms with Gasteiger partial charge in [-0.15, -0.1) is 0 Å². The first-order chi connectivity index (χ1) is 12.0. The third-order valence-corrected chi connectivity index (χ3v) is 7.07. The smallest absolute Gasteiger partial charge is 0.218 e. The Balaban J connectivity index is 1.35. The van der Waals surface area contributed by atoms with Gasteiger partial charge in [0, 0.05) is 26.2 Å². The van der Waals surface area contributed by atoms with E-state index in [9.17, 15) is 8.42 Å². The number of hydrogen-bond donors (Lipinski definition) is 0. The molecule has 2 saturated heterocycles. The van der Waals surface area contributed by atoms with Crippen LogP contribution in [0.15, 0.2) is 46.9 Å². The Kier molecular flexibility index (Phi) is 4.43. The molecule has 4 rings (SSSR count). The van der Waals surface area contributed by atoms with E-state index in [1.807, 2.05) is 49.4 Å². The van der Waals surface area contributed by atoms with E-state index in [0.29, 0.717) is 24.9 Å². The third-order valence-electron chi connectivity index (χ3n) is 5.29. The summed E-state index contributed by atoms with van der Waals surface area (Å²) in [5.41, 5.74) is 0.856. The molecule has 25 heavy (non-hydrogen) atoms. The molecule has 2 aliphatic heterocycles. The number of hydrogen-bond acceptors (Lipinski definition) is 4. The number of benzene rings is 1. The molecule has 0 aliphatic carbocycles. The summed E-state index contributed by atoms with van der Waals surface area (Å²) < 4.78 is 32.8. The summed E-state index contributed by atoms with van der Waals surface area (Å²) in [5.74, 6) is 2.89. The van der Waals surface area contributed by atoms with Crippen LogP contribution < -0.4 is 0 Å². The lowest BCUT2D eigenvalue weighted by molar-refractivity contribution is 0.264. The molecule has 0 saturated carbocycles. The van der Waals surface area contributed by atoms with Crippen molar-refractivity contribution in [1.82, 2.24) is 9.21 Å². The maximum absolute atomic E-state index is 12.7. The van der Waals surface area contributed by atoms with Crippen molar-refractivity contribution >= 4 is 10.0 Å². The Labute approximate surface area is 149 Å². The van der Waals surface area contributed by atoms with Gasteiger partial charge in [0.25, 0.3) is 0 Å². The Morgan fingerprint density at radius 3 is 2.28 bits per heavy atom. The summed E-state index contributed by atoms with van der Waals surface area (Å²) in [4.78, 5) is 2.38. The molecule has 2 atom stereocenters. The van der Waals surface area contributed by atoms with Gasteiger partial charge in [-0.25, -0.2) is 12.7 Å². The van der Waals surface area contributed by atoms with Crippen LogP contribution in [-0.4, -0.2) is 43.8 Å². The van der Waals surface area contributed by atoms with Crippen molar-refractivity contribution in [3.63, 3.8) is 0 Å². The summed E-state index contributed by atoms with van der Waals surface area (Å²) in [5, 5.41) is 0. The van der Waals surface area contributed by atoms with Gasteiger partial charge < -0.3 is 4.42 Å². The minimum atomic E-state index is -3.23. The van der Waals surface area contributed by atoms with Crippen molar-refractivity contribution in [2.24, 2.45) is 11.8 Å². The van der Waals surface area contributed by atoms with E-state index in [4.69, 9.17) is 4.42 Å². The fourth-order valence-electron chi connectivity index (χ4n) is 4.07. The molecule has 2 unspecified atom stereocenters. The Morgan fingerprint density at radius 1 is 1.00 bits per heavy atom. The van der Waals surface area contributed by atoms with Crippen LogP contribution in [0.3, 0.4) is 0 Å². The van der Waals surface area contributed by atoms with E-state index in [0.717, 1.165) is 36.7 Å². The van der Waals surface area contributed by atoms with Crippen LogP contribution in [0.1, 0.15) is 17.1 Å². The maximum atomic E-state index is 12.7. The van der Waals surface area contributed by atoms with Crippen molar-refractivity contribution in [3.8, 4) is 0 Å². The Bertz CT molecular complexity index is 817. The van der Waals surface area contributed by atoms with Crippen molar-refractivity contribution < 1.29 is 12.8 Å². The molecular weight excluding hydrogens is 336 g/mol. The van der Waals surface area contributed by atoms with E-state index in [1.54, 1.807) is 4.31 Å². The zero-order valence-electron chi connectivity index (χ0n) is 14.5. The lowest BCUT2D eigenvalue weighted by Crippen LogP contribution is -2.33. The van der Waals surface area contributed by atoms with Crippen LogP contribution in [0.4, 0.5) is 0 Å². The largest absolute Gasteiger partial charge is 0.465 e. The molecule has 0 radical (unpaired) electrons. The second kappa shape index (κ2) is 6.59. The number of likely N-dealkylation sites (tertiary alicyclic amines) is 1. The topological polar surface area (TPSA) is 53.8 Å². The van der Waals surface area contributed by atoms with Crippen LogP contribution in [0.5, 0.6) is 0 Å². The fourth-order valence-corrected chi connectivity index (χ4v) is 5.70. The zero-order valence-corrected chi connectivity index (χ0v) is 15.3. The molecule has 0 N–H and O–H groups in total. The third kappa shape index (κ3) is 3.66. The molecule has 2 fully saturated rings. The molecule has 6 heteroatoms. The van der Waals surface area contributed by atoms with Crippen molar-refractivity contribution in [2.45, 2.75) is 19.2 Å². The van der Waals surface area contributed by atoms with E-state index < -0.39 is 10.0 Å². The number of sulfonamides is 1. The van der Waals surface area contributed by atoms with E-state index >= 15 is 0 Å². The monoisotopic (exact) mass is 360 g/mol. The van der Waals surface area contributed by atoms with Gasteiger partial charge in [0.1, 0.15) is 11.5 Å². The van der Waals surface area contributed by atoms with Crippen LogP contribution in [0.2, 0.25) is 0 Å². The molecule has 5 nitrogen and oxygen atoms in total. The first-order valence-corrected chi connectivity index (χ1v) is 10.4. The lowest BCUT2D eigenvalue weighted by atomic mass is 10.0. The summed E-state index contributed by atoms with van der Waals surface area (Å²) >= 11 is 0. The summed E-state index contributed by atoms with van der Waals surface area (Å²) in [6.45, 7) is 5.96. The van der Waals surface area contributed by atoms with E-state index in [2.05, 4.69) is 4.90 Å². The van der Waals surface area contributed by atoms with Crippen molar-refractivity contribution in [3.05, 3.63) is 59.5 Å². The predicted molar refractivity (Wildman–Crippen MR) is 96.3 cm³/mol. The van der Waals surface area contributed by atoms with Gasteiger partial charge in [0.15, 0.2) is 0 Å². The van der Waals surface area contributed by atoms with Crippen LogP contribution in [-0.2, 0) is 22.3 Å². The van der Waals surface area contributed by atoms with Gasteiger partial charge >= 0.3 is 0 Å². The highest BCUT2D eigenvalue weighted by molar-refractivity contribution is 7.88. The molecule has 134 valence electrons. The first-order valence-electron chi connectivity index (χ1n) is 8.79. The second-order valence-electron chi connectivity index (χ2n) is 7.29. The predicted octanol–water partition coefficient (Wildman–Crippen LogP) is 2.48. The van der Waals surface area contributed by atoms with Crippen LogP contribution in [0.25, 0.3) is 0 Å². The highest BCUT2D eigenvalue weighted by Crippen LogP contribution is 2.34. The van der Waals surface area contributed by atoms with Crippen molar-refractivity contribution in [2.75, 3.05) is 26.2 Å². The molecule has 1 aromatic heterocycles. The molecule has 0 amide bonds.